The molecule has 10 heavy (non-hydrogen) atoms. The lowest BCUT2D eigenvalue weighted by molar-refractivity contribution is 0.121. The maximum Gasteiger partial charge on any atom is 0.0678 e. The average Bonchev–Trinajstić information content (AvgIpc) is 2.43. The Kier molecular flexibility index (Phi) is 1.57. The molecule has 2 aliphatic rings. The van der Waals surface area contributed by atoms with Crippen molar-refractivity contribution in [2.45, 2.75) is 25.9 Å². The quantitative estimate of drug-likeness (QED) is 0.596. The zero-order valence-corrected chi connectivity index (χ0v) is 7.86. The van der Waals surface area contributed by atoms with E-state index in [0.717, 1.165) is 17.9 Å². The summed E-state index contributed by atoms with van der Waals surface area (Å²) in [6.07, 6.45) is 3.19. The SMILES string of the molecule is C[C@@H]1C[C@]12CO[C@H](CBr)C2. The third kappa shape index (κ3) is 0.928. The van der Waals surface area contributed by atoms with Crippen LogP contribution in [0.1, 0.15) is 19.8 Å². The molecule has 0 aromatic rings. The maximum absolute atomic E-state index is 5.60. The average molecular weight is 205 g/mol. The molecule has 1 aliphatic heterocycles. The van der Waals surface area contributed by atoms with Gasteiger partial charge in [0.1, 0.15) is 0 Å². The van der Waals surface area contributed by atoms with Gasteiger partial charge in [-0.15, -0.1) is 0 Å². The van der Waals surface area contributed by atoms with Gasteiger partial charge >= 0.3 is 0 Å². The van der Waals surface area contributed by atoms with Crippen LogP contribution in [0.15, 0.2) is 0 Å². The van der Waals surface area contributed by atoms with Crippen molar-refractivity contribution in [3.63, 3.8) is 0 Å². The molecule has 1 aliphatic carbocycles. The van der Waals surface area contributed by atoms with E-state index in [4.69, 9.17) is 4.74 Å². The molecule has 0 N–H and O–H groups in total. The smallest absolute Gasteiger partial charge is 0.0678 e. The predicted octanol–water partition coefficient (Wildman–Crippen LogP) is 2.20. The fraction of sp³-hybridized carbons (Fsp3) is 1.00. The summed E-state index contributed by atoms with van der Waals surface area (Å²) in [6, 6.07) is 0. The van der Waals surface area contributed by atoms with E-state index in [0.29, 0.717) is 11.5 Å². The first-order valence-electron chi connectivity index (χ1n) is 3.94. The monoisotopic (exact) mass is 204 g/mol. The van der Waals surface area contributed by atoms with Crippen molar-refractivity contribution in [1.29, 1.82) is 0 Å². The summed E-state index contributed by atoms with van der Waals surface area (Å²) >= 11 is 3.45. The third-order valence-corrected chi connectivity index (χ3v) is 3.73. The first-order valence-corrected chi connectivity index (χ1v) is 5.06. The molecule has 0 amide bonds. The highest BCUT2D eigenvalue weighted by molar-refractivity contribution is 9.09. The second-order valence-corrected chi connectivity index (χ2v) is 4.41. The molecule has 2 rings (SSSR count). The van der Waals surface area contributed by atoms with Crippen LogP contribution in [0.5, 0.6) is 0 Å². The van der Waals surface area contributed by atoms with Crippen molar-refractivity contribution in [3.05, 3.63) is 0 Å². The highest BCUT2D eigenvalue weighted by atomic mass is 79.9. The topological polar surface area (TPSA) is 9.23 Å². The number of halogens is 1. The largest absolute Gasteiger partial charge is 0.377 e. The Morgan fingerprint density at radius 1 is 1.60 bits per heavy atom. The first kappa shape index (κ1) is 7.11. The van der Waals surface area contributed by atoms with Crippen molar-refractivity contribution in [2.24, 2.45) is 11.3 Å². The van der Waals surface area contributed by atoms with E-state index in [-0.39, 0.29) is 0 Å². The van der Waals surface area contributed by atoms with E-state index in [1.165, 1.54) is 12.8 Å². The lowest BCUT2D eigenvalue weighted by atomic mass is 10.0. The summed E-state index contributed by atoms with van der Waals surface area (Å²) in [5.74, 6) is 0.927. The predicted molar refractivity (Wildman–Crippen MR) is 44.4 cm³/mol. The normalized spacial score (nSPS) is 52.2. The zero-order chi connectivity index (χ0) is 7.19. The first-order chi connectivity index (χ1) is 4.77. The Morgan fingerprint density at radius 2 is 2.30 bits per heavy atom. The van der Waals surface area contributed by atoms with Gasteiger partial charge in [-0.25, -0.2) is 0 Å². The van der Waals surface area contributed by atoms with Crippen molar-refractivity contribution in [3.8, 4) is 0 Å². The Morgan fingerprint density at radius 3 is 2.60 bits per heavy atom. The standard InChI is InChI=1S/C8H13BrO/c1-6-2-8(6)3-7(4-9)10-5-8/h6-7H,2-5H2,1H3/t6-,7+,8+/m1/s1. The van der Waals surface area contributed by atoms with Crippen LogP contribution in [-0.2, 0) is 4.74 Å². The van der Waals surface area contributed by atoms with E-state index in [1.54, 1.807) is 0 Å². The highest BCUT2D eigenvalue weighted by Crippen LogP contribution is 2.59. The second kappa shape index (κ2) is 2.21. The van der Waals surface area contributed by atoms with Crippen LogP contribution in [0.2, 0.25) is 0 Å². The number of hydrogen-bond donors (Lipinski definition) is 0. The van der Waals surface area contributed by atoms with E-state index in [9.17, 15) is 0 Å². The van der Waals surface area contributed by atoms with Crippen molar-refractivity contribution in [1.82, 2.24) is 0 Å². The van der Waals surface area contributed by atoms with Gasteiger partial charge in [-0.3, -0.25) is 0 Å². The summed E-state index contributed by atoms with van der Waals surface area (Å²) < 4.78 is 5.60. The fourth-order valence-corrected chi connectivity index (χ4v) is 2.41. The number of rotatable bonds is 1. The Balaban J connectivity index is 1.95. The van der Waals surface area contributed by atoms with Gasteiger partial charge in [0.2, 0.25) is 0 Å². The number of alkyl halides is 1. The minimum Gasteiger partial charge on any atom is -0.377 e. The number of hydrogen-bond acceptors (Lipinski definition) is 1. The highest BCUT2D eigenvalue weighted by Gasteiger charge is 2.55. The molecule has 1 saturated heterocycles. The van der Waals surface area contributed by atoms with E-state index in [2.05, 4.69) is 22.9 Å². The molecular weight excluding hydrogens is 192 g/mol. The Bertz CT molecular complexity index is 148. The summed E-state index contributed by atoms with van der Waals surface area (Å²) in [5.41, 5.74) is 0.623. The van der Waals surface area contributed by atoms with Gasteiger partial charge in [0.15, 0.2) is 0 Å². The summed E-state index contributed by atoms with van der Waals surface area (Å²) in [4.78, 5) is 0. The second-order valence-electron chi connectivity index (χ2n) is 3.76. The minimum atomic E-state index is 0.505. The number of ether oxygens (including phenoxy) is 1. The van der Waals surface area contributed by atoms with Gasteiger partial charge < -0.3 is 4.74 Å². The molecule has 2 heteroatoms. The van der Waals surface area contributed by atoms with Gasteiger partial charge in [0, 0.05) is 5.33 Å². The van der Waals surface area contributed by atoms with Crippen LogP contribution in [0, 0.1) is 11.3 Å². The van der Waals surface area contributed by atoms with Crippen LogP contribution in [0.4, 0.5) is 0 Å². The van der Waals surface area contributed by atoms with Crippen molar-refractivity contribution >= 4 is 15.9 Å². The minimum absolute atomic E-state index is 0.505. The summed E-state index contributed by atoms with van der Waals surface area (Å²) in [5, 5.41) is 1.02. The van der Waals surface area contributed by atoms with Crippen molar-refractivity contribution in [2.75, 3.05) is 11.9 Å². The molecule has 0 aromatic carbocycles. The lowest BCUT2D eigenvalue weighted by Gasteiger charge is -2.02. The van der Waals surface area contributed by atoms with Gasteiger partial charge in [-0.2, -0.15) is 0 Å². The van der Waals surface area contributed by atoms with Crippen LogP contribution in [0.3, 0.4) is 0 Å². The third-order valence-electron chi connectivity index (χ3n) is 3.01. The molecule has 1 nitrogen and oxygen atoms in total. The molecule has 1 spiro atoms. The van der Waals surface area contributed by atoms with Gasteiger partial charge in [0.05, 0.1) is 12.7 Å². The van der Waals surface area contributed by atoms with E-state index >= 15 is 0 Å². The summed E-state index contributed by atoms with van der Waals surface area (Å²) in [7, 11) is 0. The van der Waals surface area contributed by atoms with Gasteiger partial charge in [0.25, 0.3) is 0 Å². The maximum atomic E-state index is 5.60. The van der Waals surface area contributed by atoms with E-state index in [1.807, 2.05) is 0 Å². The molecular formula is C8H13BrO. The van der Waals surface area contributed by atoms with Crippen LogP contribution in [-0.4, -0.2) is 18.0 Å². The van der Waals surface area contributed by atoms with E-state index < -0.39 is 0 Å². The Hall–Kier alpha value is 0.440. The Labute approximate surface area is 70.3 Å². The van der Waals surface area contributed by atoms with Crippen molar-refractivity contribution < 1.29 is 4.74 Å². The molecule has 3 atom stereocenters. The molecule has 1 saturated carbocycles. The molecule has 0 bridgehead atoms. The van der Waals surface area contributed by atoms with Crippen LogP contribution < -0.4 is 0 Å². The fourth-order valence-electron chi connectivity index (χ4n) is 1.99. The molecule has 0 radical (unpaired) electrons. The molecule has 1 heterocycles. The summed E-state index contributed by atoms with van der Waals surface area (Å²) in [6.45, 7) is 3.35. The van der Waals surface area contributed by atoms with Gasteiger partial charge in [-0.1, -0.05) is 22.9 Å². The molecule has 0 unspecified atom stereocenters. The molecule has 2 fully saturated rings. The van der Waals surface area contributed by atoms with Crippen LogP contribution in [0.25, 0.3) is 0 Å². The van der Waals surface area contributed by atoms with Crippen LogP contribution >= 0.6 is 15.9 Å². The molecule has 58 valence electrons. The zero-order valence-electron chi connectivity index (χ0n) is 6.27. The molecule has 0 aromatic heterocycles. The lowest BCUT2D eigenvalue weighted by Crippen LogP contribution is -2.06. The van der Waals surface area contributed by atoms with Gasteiger partial charge in [-0.05, 0) is 24.2 Å².